The molecule has 0 bridgehead atoms. The normalized spacial score (nSPS) is 11.2. The minimum Gasteiger partial charge on any atom is -0.369 e. The van der Waals surface area contributed by atoms with Crippen LogP contribution in [0.1, 0.15) is 44.5 Å². The number of pyridine rings is 1. The highest BCUT2D eigenvalue weighted by atomic mass is 19.1. The number of amides is 1. The highest BCUT2D eigenvalue weighted by Crippen LogP contribution is 2.15. The van der Waals surface area contributed by atoms with E-state index in [4.69, 9.17) is 0 Å². The molecule has 0 radical (unpaired) electrons. The summed E-state index contributed by atoms with van der Waals surface area (Å²) in [5, 5.41) is 5.83. The van der Waals surface area contributed by atoms with Gasteiger partial charge in [0.25, 0.3) is 5.91 Å². The number of aromatic nitrogens is 1. The second kappa shape index (κ2) is 6.50. The lowest BCUT2D eigenvalue weighted by Crippen LogP contribution is -2.33. The van der Waals surface area contributed by atoms with Crippen LogP contribution in [0.3, 0.4) is 0 Å². The van der Waals surface area contributed by atoms with E-state index in [0.717, 1.165) is 12.6 Å². The molecule has 0 saturated heterocycles. The first kappa shape index (κ1) is 15.4. The zero-order valence-electron chi connectivity index (χ0n) is 12.0. The molecule has 19 heavy (non-hydrogen) atoms. The summed E-state index contributed by atoms with van der Waals surface area (Å²) in [7, 11) is 0. The van der Waals surface area contributed by atoms with Crippen LogP contribution in [0.15, 0.2) is 12.3 Å². The molecule has 0 spiro atoms. The predicted molar refractivity (Wildman–Crippen MR) is 74.8 cm³/mol. The van der Waals surface area contributed by atoms with Crippen LogP contribution >= 0.6 is 0 Å². The van der Waals surface area contributed by atoms with Gasteiger partial charge in [-0.3, -0.25) is 4.79 Å². The van der Waals surface area contributed by atoms with Crippen LogP contribution in [0, 0.1) is 11.2 Å². The number of carbonyl (C=O) groups is 1. The van der Waals surface area contributed by atoms with Gasteiger partial charge in [-0.2, -0.15) is 0 Å². The van der Waals surface area contributed by atoms with Crippen molar-refractivity contribution in [2.24, 2.45) is 5.41 Å². The third-order valence-electron chi connectivity index (χ3n) is 2.42. The predicted octanol–water partition coefficient (Wildman–Crippen LogP) is 2.82. The maximum absolute atomic E-state index is 13.2. The molecule has 1 rings (SSSR count). The van der Waals surface area contributed by atoms with Gasteiger partial charge >= 0.3 is 0 Å². The van der Waals surface area contributed by atoms with E-state index in [9.17, 15) is 9.18 Å². The molecular formula is C14H22FN3O. The molecule has 0 aliphatic carbocycles. The number of halogens is 1. The van der Waals surface area contributed by atoms with Crippen LogP contribution in [-0.2, 0) is 0 Å². The fourth-order valence-corrected chi connectivity index (χ4v) is 1.44. The minimum atomic E-state index is -0.511. The molecule has 1 heterocycles. The molecule has 1 aromatic heterocycles. The Morgan fingerprint density at radius 3 is 2.68 bits per heavy atom. The summed E-state index contributed by atoms with van der Waals surface area (Å²) < 4.78 is 13.2. The topological polar surface area (TPSA) is 54.0 Å². The summed E-state index contributed by atoms with van der Waals surface area (Å²) >= 11 is 0. The Kier molecular flexibility index (Phi) is 5.27. The van der Waals surface area contributed by atoms with E-state index in [-0.39, 0.29) is 16.9 Å². The molecule has 0 atom stereocenters. The average molecular weight is 267 g/mol. The summed E-state index contributed by atoms with van der Waals surface area (Å²) in [6.07, 6.45) is 2.01. The Balaban J connectivity index is 2.84. The fraction of sp³-hybridized carbons (Fsp3) is 0.571. The zero-order chi connectivity index (χ0) is 14.5. The lowest BCUT2D eigenvalue weighted by Gasteiger charge is -2.19. The number of carbonyl (C=O) groups excluding carboxylic acids is 1. The highest BCUT2D eigenvalue weighted by Gasteiger charge is 2.17. The van der Waals surface area contributed by atoms with Gasteiger partial charge in [0.1, 0.15) is 11.6 Å². The molecule has 0 saturated carbocycles. The third-order valence-corrected chi connectivity index (χ3v) is 2.42. The first-order valence-electron chi connectivity index (χ1n) is 6.51. The van der Waals surface area contributed by atoms with Crippen molar-refractivity contribution in [3.63, 3.8) is 0 Å². The van der Waals surface area contributed by atoms with Gasteiger partial charge in [-0.1, -0.05) is 27.7 Å². The van der Waals surface area contributed by atoms with Crippen LogP contribution in [0.25, 0.3) is 0 Å². The van der Waals surface area contributed by atoms with E-state index >= 15 is 0 Å². The third kappa shape index (κ3) is 5.24. The number of hydrogen-bond donors (Lipinski definition) is 2. The van der Waals surface area contributed by atoms with Crippen LogP contribution in [-0.4, -0.2) is 24.0 Å². The lowest BCUT2D eigenvalue weighted by atomic mass is 9.97. The van der Waals surface area contributed by atoms with Gasteiger partial charge in [0.15, 0.2) is 0 Å². The monoisotopic (exact) mass is 267 g/mol. The summed E-state index contributed by atoms with van der Waals surface area (Å²) in [6.45, 7) is 9.29. The molecule has 4 nitrogen and oxygen atoms in total. The molecule has 5 heteroatoms. The maximum atomic E-state index is 13.2. The smallest absolute Gasteiger partial charge is 0.255 e. The van der Waals surface area contributed by atoms with Crippen molar-refractivity contribution < 1.29 is 9.18 Å². The molecule has 0 aromatic carbocycles. The first-order valence-corrected chi connectivity index (χ1v) is 6.51. The van der Waals surface area contributed by atoms with Crippen LogP contribution in [0.2, 0.25) is 0 Å². The number of anilines is 1. The molecule has 0 aliphatic rings. The molecule has 0 aliphatic heterocycles. The summed E-state index contributed by atoms with van der Waals surface area (Å²) in [6, 6.07) is 1.21. The molecule has 106 valence electrons. The Morgan fingerprint density at radius 2 is 2.11 bits per heavy atom. The summed E-state index contributed by atoms with van der Waals surface area (Å²) in [5.74, 6) is -0.391. The number of nitrogens with zero attached hydrogens (tertiary/aromatic N) is 1. The zero-order valence-corrected chi connectivity index (χ0v) is 12.0. The Morgan fingerprint density at radius 1 is 1.42 bits per heavy atom. The molecule has 2 N–H and O–H groups in total. The Labute approximate surface area is 113 Å². The standard InChI is InChI=1S/C14H22FN3O/c1-5-6-16-12-11(7-10(15)8-17-12)13(19)18-9-14(2,3)4/h7-8H,5-6,9H2,1-4H3,(H,16,17)(H,18,19). The minimum absolute atomic E-state index is 0.0204. The quantitative estimate of drug-likeness (QED) is 0.862. The van der Waals surface area contributed by atoms with Crippen molar-refractivity contribution in [2.75, 3.05) is 18.4 Å². The highest BCUT2D eigenvalue weighted by molar-refractivity contribution is 5.98. The lowest BCUT2D eigenvalue weighted by molar-refractivity contribution is 0.0939. The second-order valence-corrected chi connectivity index (χ2v) is 5.72. The van der Waals surface area contributed by atoms with Crippen LogP contribution < -0.4 is 10.6 Å². The van der Waals surface area contributed by atoms with Gasteiger partial charge in [-0.15, -0.1) is 0 Å². The molecule has 0 unspecified atom stereocenters. The Bertz CT molecular complexity index is 441. The molecular weight excluding hydrogens is 245 g/mol. The van der Waals surface area contributed by atoms with E-state index in [1.807, 2.05) is 27.7 Å². The molecule has 0 fully saturated rings. The summed E-state index contributed by atoms with van der Waals surface area (Å²) in [5.41, 5.74) is 0.227. The van der Waals surface area contributed by atoms with Crippen LogP contribution in [0.4, 0.5) is 10.2 Å². The van der Waals surface area contributed by atoms with Crippen molar-refractivity contribution in [3.05, 3.63) is 23.6 Å². The van der Waals surface area contributed by atoms with Gasteiger partial charge in [0, 0.05) is 13.1 Å². The van der Waals surface area contributed by atoms with Crippen molar-refractivity contribution in [2.45, 2.75) is 34.1 Å². The van der Waals surface area contributed by atoms with Gasteiger partial charge in [-0.25, -0.2) is 9.37 Å². The first-order chi connectivity index (χ1) is 8.83. The van der Waals surface area contributed by atoms with Crippen molar-refractivity contribution in [1.29, 1.82) is 0 Å². The average Bonchev–Trinajstić information content (AvgIpc) is 2.33. The fourth-order valence-electron chi connectivity index (χ4n) is 1.44. The number of nitrogens with one attached hydrogen (secondary N) is 2. The van der Waals surface area contributed by atoms with Gasteiger partial charge < -0.3 is 10.6 Å². The van der Waals surface area contributed by atoms with E-state index in [2.05, 4.69) is 15.6 Å². The second-order valence-electron chi connectivity index (χ2n) is 5.72. The van der Waals surface area contributed by atoms with E-state index < -0.39 is 5.82 Å². The van der Waals surface area contributed by atoms with Crippen LogP contribution in [0.5, 0.6) is 0 Å². The van der Waals surface area contributed by atoms with Crippen molar-refractivity contribution in [1.82, 2.24) is 10.3 Å². The van der Waals surface area contributed by atoms with Gasteiger partial charge in [-0.05, 0) is 17.9 Å². The molecule has 1 aromatic rings. The van der Waals surface area contributed by atoms with E-state index in [1.165, 1.54) is 6.07 Å². The van der Waals surface area contributed by atoms with Gasteiger partial charge in [0.2, 0.25) is 0 Å². The maximum Gasteiger partial charge on any atom is 0.255 e. The van der Waals surface area contributed by atoms with Crippen molar-refractivity contribution >= 4 is 11.7 Å². The number of rotatable bonds is 5. The summed E-state index contributed by atoms with van der Waals surface area (Å²) in [4.78, 5) is 16.0. The van der Waals surface area contributed by atoms with E-state index in [0.29, 0.717) is 18.9 Å². The van der Waals surface area contributed by atoms with E-state index in [1.54, 1.807) is 0 Å². The Hall–Kier alpha value is -1.65. The van der Waals surface area contributed by atoms with Crippen molar-refractivity contribution in [3.8, 4) is 0 Å². The largest absolute Gasteiger partial charge is 0.369 e. The number of hydrogen-bond acceptors (Lipinski definition) is 3. The molecule has 1 amide bonds. The van der Waals surface area contributed by atoms with Gasteiger partial charge in [0.05, 0.1) is 11.8 Å². The SMILES string of the molecule is CCCNc1ncc(F)cc1C(=O)NCC(C)(C)C.